The highest BCUT2D eigenvalue weighted by molar-refractivity contribution is 5.76. The molecule has 0 aromatic carbocycles. The number of amides is 1. The second-order valence-corrected chi connectivity index (χ2v) is 21.4. The number of nitrogens with zero attached hydrogens (tertiary/aromatic N) is 2. The predicted molar refractivity (Wildman–Crippen MR) is 290 cm³/mol. The lowest BCUT2D eigenvalue weighted by Crippen LogP contribution is -2.41. The maximum Gasteiger partial charge on any atom is 0.305 e. The number of carbonyl (C=O) groups is 3. The Bertz CT molecular complexity index is 1010. The van der Waals surface area contributed by atoms with Crippen molar-refractivity contribution in [3.8, 4) is 0 Å². The van der Waals surface area contributed by atoms with Gasteiger partial charge < -0.3 is 19.3 Å². The molecule has 2 atom stereocenters. The minimum atomic E-state index is -0.00423. The van der Waals surface area contributed by atoms with Gasteiger partial charge in [0.1, 0.15) is 0 Å². The third-order valence-corrected chi connectivity index (χ3v) is 14.4. The highest BCUT2D eigenvalue weighted by atomic mass is 16.5. The molecule has 0 radical (unpaired) electrons. The lowest BCUT2D eigenvalue weighted by molar-refractivity contribution is -0.146. The van der Waals surface area contributed by atoms with E-state index in [0.29, 0.717) is 56.3 Å². The largest absolute Gasteiger partial charge is 0.465 e. The van der Waals surface area contributed by atoms with Gasteiger partial charge in [-0.1, -0.05) is 221 Å². The summed E-state index contributed by atoms with van der Waals surface area (Å²) < 4.78 is 11.6. The normalized spacial score (nSPS) is 13.0. The second-order valence-electron chi connectivity index (χ2n) is 21.4. The van der Waals surface area contributed by atoms with Crippen LogP contribution in [0.4, 0.5) is 0 Å². The van der Waals surface area contributed by atoms with Crippen molar-refractivity contribution in [1.82, 2.24) is 9.80 Å². The van der Waals surface area contributed by atoms with Crippen LogP contribution in [0.15, 0.2) is 0 Å². The van der Waals surface area contributed by atoms with Gasteiger partial charge >= 0.3 is 11.9 Å². The summed E-state index contributed by atoms with van der Waals surface area (Å²) in [6, 6.07) is 0.330. The summed E-state index contributed by atoms with van der Waals surface area (Å²) >= 11 is 0. The first kappa shape index (κ1) is 65.4. The van der Waals surface area contributed by atoms with Gasteiger partial charge in [0.25, 0.3) is 0 Å². The van der Waals surface area contributed by atoms with Gasteiger partial charge in [0.05, 0.1) is 13.2 Å². The molecule has 0 saturated carbocycles. The van der Waals surface area contributed by atoms with E-state index >= 15 is 0 Å². The van der Waals surface area contributed by atoms with Crippen LogP contribution < -0.4 is 0 Å². The van der Waals surface area contributed by atoms with Crippen molar-refractivity contribution >= 4 is 17.8 Å². The predicted octanol–water partition coefficient (Wildman–Crippen LogP) is 17.9. The molecule has 2 unspecified atom stereocenters. The standard InChI is InChI=1S/C60H118N2O5/c1-8-13-18-21-22-27-32-40-52-62(58(63)48-39-41-51-61(6)7)57(46-35-28-23-25-30-37-49-59(64)66-53-55(42-16-11-4)44-33-19-14-9-2)47-36-29-24-26-31-38-50-60(65)67-54-56(43-17-12-5)45-34-20-15-10-3/h55-57H,8-54H2,1-7H3. The summed E-state index contributed by atoms with van der Waals surface area (Å²) in [5.74, 6) is 1.42. The van der Waals surface area contributed by atoms with Gasteiger partial charge in [0, 0.05) is 31.8 Å². The number of ether oxygens (including phenoxy) is 2. The molecule has 0 fully saturated rings. The van der Waals surface area contributed by atoms with Gasteiger partial charge in [0.15, 0.2) is 0 Å². The number of rotatable bonds is 53. The number of hydrogen-bond donors (Lipinski definition) is 0. The Hall–Kier alpha value is -1.63. The summed E-state index contributed by atoms with van der Waals surface area (Å²) in [5, 5.41) is 0. The Morgan fingerprint density at radius 2 is 0.657 bits per heavy atom. The van der Waals surface area contributed by atoms with Crippen LogP contribution in [0.1, 0.15) is 311 Å². The molecule has 0 saturated heterocycles. The van der Waals surface area contributed by atoms with Crippen LogP contribution in [-0.2, 0) is 23.9 Å². The minimum Gasteiger partial charge on any atom is -0.465 e. The molecule has 0 aliphatic rings. The van der Waals surface area contributed by atoms with E-state index in [1.807, 2.05) is 0 Å². The summed E-state index contributed by atoms with van der Waals surface area (Å²) in [6.07, 6.45) is 49.6. The molecular formula is C60H118N2O5. The first-order chi connectivity index (χ1) is 32.7. The maximum absolute atomic E-state index is 14.0. The molecule has 0 spiro atoms. The Labute approximate surface area is 419 Å². The van der Waals surface area contributed by atoms with Crippen molar-refractivity contribution in [3.05, 3.63) is 0 Å². The molecule has 0 heterocycles. The van der Waals surface area contributed by atoms with E-state index < -0.39 is 0 Å². The summed E-state index contributed by atoms with van der Waals surface area (Å²) in [4.78, 5) is 43.9. The van der Waals surface area contributed by atoms with Crippen LogP contribution in [0.5, 0.6) is 0 Å². The van der Waals surface area contributed by atoms with E-state index in [-0.39, 0.29) is 11.9 Å². The van der Waals surface area contributed by atoms with Gasteiger partial charge in [-0.2, -0.15) is 0 Å². The number of hydrogen-bond acceptors (Lipinski definition) is 6. The number of carbonyl (C=O) groups excluding carboxylic acids is 3. The zero-order valence-corrected chi connectivity index (χ0v) is 46.4. The van der Waals surface area contributed by atoms with Crippen LogP contribution in [0.25, 0.3) is 0 Å². The van der Waals surface area contributed by atoms with Crippen LogP contribution in [0, 0.1) is 11.8 Å². The molecule has 7 heteroatoms. The van der Waals surface area contributed by atoms with Crippen molar-refractivity contribution in [2.75, 3.05) is 40.4 Å². The van der Waals surface area contributed by atoms with Gasteiger partial charge in [-0.25, -0.2) is 0 Å². The van der Waals surface area contributed by atoms with E-state index in [9.17, 15) is 14.4 Å². The topological polar surface area (TPSA) is 76.2 Å². The summed E-state index contributed by atoms with van der Waals surface area (Å²) in [7, 11) is 4.24. The van der Waals surface area contributed by atoms with Gasteiger partial charge in [-0.15, -0.1) is 0 Å². The van der Waals surface area contributed by atoms with Crippen molar-refractivity contribution in [3.63, 3.8) is 0 Å². The van der Waals surface area contributed by atoms with E-state index in [0.717, 1.165) is 83.7 Å². The van der Waals surface area contributed by atoms with E-state index in [1.54, 1.807) is 0 Å². The molecular weight excluding hydrogens is 829 g/mol. The highest BCUT2D eigenvalue weighted by Gasteiger charge is 2.23. The van der Waals surface area contributed by atoms with E-state index in [1.165, 1.54) is 186 Å². The monoisotopic (exact) mass is 947 g/mol. The number of esters is 2. The van der Waals surface area contributed by atoms with Crippen LogP contribution in [0.3, 0.4) is 0 Å². The molecule has 0 aliphatic heterocycles. The minimum absolute atomic E-state index is 0.00423. The molecule has 0 aromatic rings. The molecule has 67 heavy (non-hydrogen) atoms. The lowest BCUT2D eigenvalue weighted by Gasteiger charge is -2.33. The average Bonchev–Trinajstić information content (AvgIpc) is 3.32. The van der Waals surface area contributed by atoms with Gasteiger partial charge in [-0.3, -0.25) is 14.4 Å². The Morgan fingerprint density at radius 1 is 0.343 bits per heavy atom. The molecule has 7 nitrogen and oxygen atoms in total. The fraction of sp³-hybridized carbons (Fsp3) is 0.950. The highest BCUT2D eigenvalue weighted by Crippen LogP contribution is 2.24. The van der Waals surface area contributed by atoms with E-state index in [4.69, 9.17) is 9.47 Å². The average molecular weight is 948 g/mol. The summed E-state index contributed by atoms with van der Waals surface area (Å²) in [6.45, 7) is 14.5. The van der Waals surface area contributed by atoms with Crippen molar-refractivity contribution in [2.45, 2.75) is 317 Å². The zero-order chi connectivity index (χ0) is 49.3. The molecule has 0 aromatic heterocycles. The maximum atomic E-state index is 14.0. The van der Waals surface area contributed by atoms with Gasteiger partial charge in [0.2, 0.25) is 5.91 Å². The first-order valence-corrected chi connectivity index (χ1v) is 30.0. The second kappa shape index (κ2) is 50.7. The van der Waals surface area contributed by atoms with E-state index in [2.05, 4.69) is 58.5 Å². The molecule has 0 rings (SSSR count). The van der Waals surface area contributed by atoms with Crippen molar-refractivity contribution in [2.24, 2.45) is 11.8 Å². The smallest absolute Gasteiger partial charge is 0.305 e. The molecule has 0 aliphatic carbocycles. The Kier molecular flexibility index (Phi) is 49.5. The zero-order valence-electron chi connectivity index (χ0n) is 46.4. The summed E-state index contributed by atoms with van der Waals surface area (Å²) in [5.41, 5.74) is 0. The lowest BCUT2D eigenvalue weighted by atomic mass is 9.96. The third-order valence-electron chi connectivity index (χ3n) is 14.4. The molecule has 1 amide bonds. The van der Waals surface area contributed by atoms with Crippen molar-refractivity contribution in [1.29, 1.82) is 0 Å². The van der Waals surface area contributed by atoms with Crippen LogP contribution in [-0.4, -0.2) is 74.1 Å². The van der Waals surface area contributed by atoms with Crippen LogP contribution >= 0.6 is 0 Å². The van der Waals surface area contributed by atoms with Crippen molar-refractivity contribution < 1.29 is 23.9 Å². The SMILES string of the molecule is CCCCCCCCCCN(C(=O)CCCCN(C)C)C(CCCCCCCCC(=O)OCC(CCCC)CCCCCC)CCCCCCCCC(=O)OCC(CCCC)CCCCCC. The quantitative estimate of drug-likeness (QED) is 0.0447. The molecule has 398 valence electrons. The number of unbranched alkanes of at least 4 members (excludes halogenated alkanes) is 26. The molecule has 0 N–H and O–H groups in total. The molecule has 0 bridgehead atoms. The third kappa shape index (κ3) is 44.1. The first-order valence-electron chi connectivity index (χ1n) is 30.0. The van der Waals surface area contributed by atoms with Crippen LogP contribution in [0.2, 0.25) is 0 Å². The fourth-order valence-electron chi connectivity index (χ4n) is 9.84. The Balaban J connectivity index is 5.10. The fourth-order valence-corrected chi connectivity index (χ4v) is 9.84. The van der Waals surface area contributed by atoms with Gasteiger partial charge in [-0.05, 0) is 103 Å². The Morgan fingerprint density at radius 3 is 1.07 bits per heavy atom.